The Labute approximate surface area is 177 Å². The SMILES string of the molecule is CN=C(NCCc1ccccc1F)NCCc1cc(OC)ccc1OC.I. The fourth-order valence-corrected chi connectivity index (χ4v) is 2.63. The van der Waals surface area contributed by atoms with Crippen LogP contribution in [0.3, 0.4) is 0 Å². The van der Waals surface area contributed by atoms with Crippen LogP contribution in [-0.4, -0.2) is 40.3 Å². The number of methoxy groups -OCH3 is 2. The van der Waals surface area contributed by atoms with Crippen molar-refractivity contribution in [3.05, 3.63) is 59.4 Å². The minimum atomic E-state index is -0.178. The van der Waals surface area contributed by atoms with Crippen LogP contribution in [0.4, 0.5) is 4.39 Å². The number of aliphatic imine (C=N–C) groups is 1. The number of guanidine groups is 1. The Morgan fingerprint density at radius 2 is 1.63 bits per heavy atom. The molecule has 0 heterocycles. The van der Waals surface area contributed by atoms with Crippen molar-refractivity contribution < 1.29 is 13.9 Å². The van der Waals surface area contributed by atoms with Gasteiger partial charge in [0.2, 0.25) is 0 Å². The van der Waals surface area contributed by atoms with Gasteiger partial charge in [-0.25, -0.2) is 4.39 Å². The smallest absolute Gasteiger partial charge is 0.190 e. The van der Waals surface area contributed by atoms with Crippen molar-refractivity contribution in [2.75, 3.05) is 34.4 Å². The van der Waals surface area contributed by atoms with Gasteiger partial charge in [0.1, 0.15) is 17.3 Å². The van der Waals surface area contributed by atoms with Crippen molar-refractivity contribution in [2.45, 2.75) is 12.8 Å². The van der Waals surface area contributed by atoms with Gasteiger partial charge in [-0.2, -0.15) is 0 Å². The maximum Gasteiger partial charge on any atom is 0.190 e. The second-order valence-electron chi connectivity index (χ2n) is 5.69. The molecule has 27 heavy (non-hydrogen) atoms. The highest BCUT2D eigenvalue weighted by molar-refractivity contribution is 14.0. The van der Waals surface area contributed by atoms with Crippen LogP contribution in [0.15, 0.2) is 47.5 Å². The number of nitrogens with one attached hydrogen (secondary N) is 2. The Hall–Kier alpha value is -2.03. The third-order valence-corrected chi connectivity index (χ3v) is 4.04. The molecule has 0 aliphatic carbocycles. The Bertz CT molecular complexity index is 741. The van der Waals surface area contributed by atoms with Gasteiger partial charge in [-0.1, -0.05) is 18.2 Å². The predicted octanol–water partition coefficient (Wildman–Crippen LogP) is 3.41. The van der Waals surface area contributed by atoms with E-state index in [4.69, 9.17) is 9.47 Å². The van der Waals surface area contributed by atoms with Crippen LogP contribution in [0.1, 0.15) is 11.1 Å². The Balaban J connectivity index is 0.00000364. The van der Waals surface area contributed by atoms with Gasteiger partial charge in [0.05, 0.1) is 14.2 Å². The topological polar surface area (TPSA) is 54.9 Å². The summed E-state index contributed by atoms with van der Waals surface area (Å²) in [5, 5.41) is 6.46. The Kier molecular flexibility index (Phi) is 10.5. The third-order valence-electron chi connectivity index (χ3n) is 4.04. The van der Waals surface area contributed by atoms with E-state index < -0.39 is 0 Å². The summed E-state index contributed by atoms with van der Waals surface area (Å²) in [5.74, 6) is 2.13. The van der Waals surface area contributed by atoms with Crippen molar-refractivity contribution in [2.24, 2.45) is 4.99 Å². The number of benzene rings is 2. The van der Waals surface area contributed by atoms with Gasteiger partial charge in [-0.15, -0.1) is 24.0 Å². The monoisotopic (exact) mass is 487 g/mol. The molecule has 0 fully saturated rings. The fourth-order valence-electron chi connectivity index (χ4n) is 2.63. The minimum Gasteiger partial charge on any atom is -0.497 e. The number of hydrogen-bond acceptors (Lipinski definition) is 3. The highest BCUT2D eigenvalue weighted by Gasteiger charge is 2.06. The van der Waals surface area contributed by atoms with E-state index in [1.807, 2.05) is 24.3 Å². The first-order chi connectivity index (χ1) is 12.7. The lowest BCUT2D eigenvalue weighted by atomic mass is 10.1. The molecule has 148 valence electrons. The van der Waals surface area contributed by atoms with Crippen LogP contribution in [0.5, 0.6) is 11.5 Å². The average Bonchev–Trinajstić information content (AvgIpc) is 2.68. The lowest BCUT2D eigenvalue weighted by Gasteiger charge is -2.14. The van der Waals surface area contributed by atoms with Crippen molar-refractivity contribution in [3.63, 3.8) is 0 Å². The van der Waals surface area contributed by atoms with Crippen molar-refractivity contribution in [1.82, 2.24) is 10.6 Å². The third kappa shape index (κ3) is 7.24. The van der Waals surface area contributed by atoms with Crippen LogP contribution < -0.4 is 20.1 Å². The average molecular weight is 487 g/mol. The van der Waals surface area contributed by atoms with Gasteiger partial charge in [0, 0.05) is 20.1 Å². The quantitative estimate of drug-likeness (QED) is 0.341. The molecule has 0 aromatic heterocycles. The molecule has 0 saturated heterocycles. The number of nitrogens with zero attached hydrogens (tertiary/aromatic N) is 1. The maximum atomic E-state index is 13.6. The van der Waals surface area contributed by atoms with Crippen LogP contribution in [-0.2, 0) is 12.8 Å². The fraction of sp³-hybridized carbons (Fsp3) is 0.350. The first-order valence-electron chi connectivity index (χ1n) is 8.56. The molecule has 0 saturated carbocycles. The number of halogens is 2. The van der Waals surface area contributed by atoms with E-state index in [2.05, 4.69) is 15.6 Å². The number of ether oxygens (including phenoxy) is 2. The minimum absolute atomic E-state index is 0. The summed E-state index contributed by atoms with van der Waals surface area (Å²) in [6.07, 6.45) is 1.35. The van der Waals surface area contributed by atoms with E-state index in [1.54, 1.807) is 33.4 Å². The van der Waals surface area contributed by atoms with E-state index in [1.165, 1.54) is 6.07 Å². The van der Waals surface area contributed by atoms with E-state index in [0.717, 1.165) is 23.5 Å². The second-order valence-corrected chi connectivity index (χ2v) is 5.69. The lowest BCUT2D eigenvalue weighted by Crippen LogP contribution is -2.39. The zero-order valence-corrected chi connectivity index (χ0v) is 18.3. The first kappa shape index (κ1) is 23.0. The van der Waals surface area contributed by atoms with Gasteiger partial charge in [-0.05, 0) is 48.2 Å². The number of hydrogen-bond donors (Lipinski definition) is 2. The molecule has 0 amide bonds. The van der Waals surface area contributed by atoms with Crippen LogP contribution in [0.25, 0.3) is 0 Å². The van der Waals surface area contributed by atoms with Crippen LogP contribution >= 0.6 is 24.0 Å². The molecule has 0 atom stereocenters. The van der Waals surface area contributed by atoms with E-state index in [0.29, 0.717) is 31.0 Å². The summed E-state index contributed by atoms with van der Waals surface area (Å²) >= 11 is 0. The standard InChI is InChI=1S/C20H26FN3O2.HI/c1-22-20(23-12-10-15-6-4-5-7-18(15)21)24-13-11-16-14-17(25-2)8-9-19(16)26-3;/h4-9,14H,10-13H2,1-3H3,(H2,22,23,24);1H. The molecule has 0 aliphatic heterocycles. The Morgan fingerprint density at radius 1 is 0.963 bits per heavy atom. The normalized spacial score (nSPS) is 10.7. The van der Waals surface area contributed by atoms with Crippen LogP contribution in [0, 0.1) is 5.82 Å². The molecular weight excluding hydrogens is 460 g/mol. The predicted molar refractivity (Wildman–Crippen MR) is 118 cm³/mol. The van der Waals surface area contributed by atoms with Gasteiger partial charge in [0.25, 0.3) is 0 Å². The second kappa shape index (κ2) is 12.4. The summed E-state index contributed by atoms with van der Waals surface area (Å²) in [7, 11) is 5.01. The largest absolute Gasteiger partial charge is 0.497 e. The molecule has 2 N–H and O–H groups in total. The zero-order chi connectivity index (χ0) is 18.8. The molecule has 7 heteroatoms. The highest BCUT2D eigenvalue weighted by atomic mass is 127. The number of rotatable bonds is 8. The zero-order valence-electron chi connectivity index (χ0n) is 15.9. The Morgan fingerprint density at radius 3 is 2.22 bits per heavy atom. The molecule has 0 bridgehead atoms. The van der Waals surface area contributed by atoms with Crippen molar-refractivity contribution in [3.8, 4) is 11.5 Å². The van der Waals surface area contributed by atoms with Crippen LogP contribution in [0.2, 0.25) is 0 Å². The van der Waals surface area contributed by atoms with E-state index in [-0.39, 0.29) is 29.8 Å². The van der Waals surface area contributed by atoms with Gasteiger partial charge >= 0.3 is 0 Å². The summed E-state index contributed by atoms with van der Waals surface area (Å²) in [5.41, 5.74) is 1.75. The molecule has 2 aromatic rings. The molecule has 0 unspecified atom stereocenters. The van der Waals surface area contributed by atoms with E-state index in [9.17, 15) is 4.39 Å². The first-order valence-corrected chi connectivity index (χ1v) is 8.56. The summed E-state index contributed by atoms with van der Waals surface area (Å²) in [6, 6.07) is 12.5. The van der Waals surface area contributed by atoms with Crippen molar-refractivity contribution in [1.29, 1.82) is 0 Å². The van der Waals surface area contributed by atoms with Gasteiger partial charge in [0.15, 0.2) is 5.96 Å². The van der Waals surface area contributed by atoms with Gasteiger partial charge in [-0.3, -0.25) is 4.99 Å². The molecular formula is C20H27FIN3O2. The van der Waals surface area contributed by atoms with E-state index >= 15 is 0 Å². The maximum absolute atomic E-state index is 13.6. The highest BCUT2D eigenvalue weighted by Crippen LogP contribution is 2.24. The summed E-state index contributed by atoms with van der Waals surface area (Å²) in [6.45, 7) is 1.28. The molecule has 0 radical (unpaired) electrons. The summed E-state index contributed by atoms with van der Waals surface area (Å²) < 4.78 is 24.3. The lowest BCUT2D eigenvalue weighted by molar-refractivity contribution is 0.398. The summed E-state index contributed by atoms with van der Waals surface area (Å²) in [4.78, 5) is 4.19. The molecule has 2 aromatic carbocycles. The molecule has 2 rings (SSSR count). The molecule has 0 spiro atoms. The van der Waals surface area contributed by atoms with Gasteiger partial charge < -0.3 is 20.1 Å². The molecule has 5 nitrogen and oxygen atoms in total. The van der Waals surface area contributed by atoms with Crippen molar-refractivity contribution >= 4 is 29.9 Å². The molecule has 0 aliphatic rings.